The molecule has 9 nitrogen and oxygen atoms in total. The van der Waals surface area contributed by atoms with Crippen LogP contribution in [0.25, 0.3) is 44.7 Å². The van der Waals surface area contributed by atoms with Crippen LogP contribution in [0.1, 0.15) is 36.3 Å². The van der Waals surface area contributed by atoms with E-state index < -0.39 is 0 Å². The summed E-state index contributed by atoms with van der Waals surface area (Å²) in [7, 11) is 1.58. The quantitative estimate of drug-likeness (QED) is 0.368. The van der Waals surface area contributed by atoms with Crippen molar-refractivity contribution >= 4 is 28.0 Å². The first-order chi connectivity index (χ1) is 16.1. The average Bonchev–Trinajstić information content (AvgIpc) is 3.47. The number of nitrogens with one attached hydrogen (secondary N) is 3. The molecule has 1 amide bonds. The van der Waals surface area contributed by atoms with Crippen LogP contribution in [0.2, 0.25) is 0 Å². The first kappa shape index (κ1) is 20.7. The van der Waals surface area contributed by atoms with E-state index in [-0.39, 0.29) is 5.91 Å². The highest BCUT2D eigenvalue weighted by Crippen LogP contribution is 2.29. The third kappa shape index (κ3) is 3.82. The molecule has 0 spiro atoms. The van der Waals surface area contributed by atoms with Crippen LogP contribution in [0.5, 0.6) is 0 Å². The fourth-order valence-electron chi connectivity index (χ4n) is 3.81. The van der Waals surface area contributed by atoms with Gasteiger partial charge >= 0.3 is 0 Å². The number of aromatic amines is 2. The van der Waals surface area contributed by atoms with Gasteiger partial charge in [-0.2, -0.15) is 5.10 Å². The number of carbonyl (C=O) groups excluding carboxylic acids is 1. The summed E-state index contributed by atoms with van der Waals surface area (Å²) in [5, 5.41) is 10.8. The lowest BCUT2D eigenvalue weighted by atomic mass is 10.0. The maximum absolute atomic E-state index is 12.2. The third-order valence-electron chi connectivity index (χ3n) is 5.92. The average molecular weight is 441 g/mol. The summed E-state index contributed by atoms with van der Waals surface area (Å²) in [5.74, 6) is 0.929. The number of hydrogen-bond acceptors (Lipinski definition) is 6. The molecular formula is C24H24N8O. The highest BCUT2D eigenvalue weighted by Gasteiger charge is 2.18. The van der Waals surface area contributed by atoms with E-state index in [9.17, 15) is 4.79 Å². The van der Waals surface area contributed by atoms with Crippen LogP contribution in [-0.4, -0.2) is 48.1 Å². The predicted octanol–water partition coefficient (Wildman–Crippen LogP) is 3.91. The number of H-pyrrole nitrogens is 2. The van der Waals surface area contributed by atoms with Crippen molar-refractivity contribution in [1.82, 2.24) is 40.4 Å². The zero-order valence-corrected chi connectivity index (χ0v) is 18.7. The first-order valence-electron chi connectivity index (χ1n) is 10.9. The highest BCUT2D eigenvalue weighted by molar-refractivity contribution is 6.05. The summed E-state index contributed by atoms with van der Waals surface area (Å²) >= 11 is 0. The monoisotopic (exact) mass is 440 g/mol. The van der Waals surface area contributed by atoms with Crippen molar-refractivity contribution in [1.29, 1.82) is 0 Å². The fourth-order valence-corrected chi connectivity index (χ4v) is 3.81. The number of fused-ring (bicyclic) bond motifs is 2. The maximum Gasteiger partial charge on any atom is 0.254 e. The number of hydrogen-bond donors (Lipinski definition) is 3. The van der Waals surface area contributed by atoms with Gasteiger partial charge in [-0.15, -0.1) is 0 Å². The summed E-state index contributed by atoms with van der Waals surface area (Å²) < 4.78 is 0. The molecule has 0 aliphatic rings. The number of amides is 1. The normalized spacial score (nSPS) is 12.3. The molecule has 3 N–H and O–H groups in total. The molecule has 1 atom stereocenters. The largest absolute Gasteiger partial charge is 0.355 e. The van der Waals surface area contributed by atoms with Gasteiger partial charge < -0.3 is 10.3 Å². The molecule has 1 unspecified atom stereocenters. The third-order valence-corrected chi connectivity index (χ3v) is 5.92. The van der Waals surface area contributed by atoms with E-state index in [0.717, 1.165) is 35.0 Å². The second-order valence-corrected chi connectivity index (χ2v) is 8.20. The van der Waals surface area contributed by atoms with Gasteiger partial charge in [-0.05, 0) is 24.5 Å². The van der Waals surface area contributed by atoms with Crippen LogP contribution < -0.4 is 5.32 Å². The van der Waals surface area contributed by atoms with Crippen molar-refractivity contribution in [3.8, 4) is 22.6 Å². The summed E-state index contributed by atoms with van der Waals surface area (Å²) in [6, 6.07) is 6.18. The Morgan fingerprint density at radius 2 is 1.97 bits per heavy atom. The zero-order valence-electron chi connectivity index (χ0n) is 18.7. The van der Waals surface area contributed by atoms with Crippen molar-refractivity contribution in [2.45, 2.75) is 26.7 Å². The van der Waals surface area contributed by atoms with Gasteiger partial charge in [0.15, 0.2) is 11.5 Å². The van der Waals surface area contributed by atoms with Crippen molar-refractivity contribution in [2.75, 3.05) is 7.05 Å². The molecule has 5 rings (SSSR count). The Balaban J connectivity index is 1.54. The van der Waals surface area contributed by atoms with Crippen LogP contribution >= 0.6 is 0 Å². The van der Waals surface area contributed by atoms with Crippen LogP contribution in [0, 0.1) is 5.92 Å². The van der Waals surface area contributed by atoms with Crippen molar-refractivity contribution in [3.63, 3.8) is 0 Å². The number of imidazole rings is 1. The molecule has 0 aliphatic carbocycles. The van der Waals surface area contributed by atoms with Crippen molar-refractivity contribution < 1.29 is 4.79 Å². The molecule has 0 aliphatic heterocycles. The molecule has 5 aromatic heterocycles. The Bertz CT molecular complexity index is 1450. The van der Waals surface area contributed by atoms with Crippen LogP contribution in [0.3, 0.4) is 0 Å². The van der Waals surface area contributed by atoms with Gasteiger partial charge in [0.25, 0.3) is 5.91 Å². The lowest BCUT2D eigenvalue weighted by Crippen LogP contribution is -2.18. The smallest absolute Gasteiger partial charge is 0.254 e. The fraction of sp³-hybridized carbons (Fsp3) is 0.250. The minimum Gasteiger partial charge on any atom is -0.355 e. The van der Waals surface area contributed by atoms with Gasteiger partial charge in [-0.1, -0.05) is 26.3 Å². The van der Waals surface area contributed by atoms with E-state index in [0.29, 0.717) is 39.7 Å². The second kappa shape index (κ2) is 8.42. The topological polar surface area (TPSA) is 125 Å². The van der Waals surface area contributed by atoms with E-state index in [1.54, 1.807) is 19.4 Å². The van der Waals surface area contributed by atoms with E-state index in [4.69, 9.17) is 0 Å². The highest BCUT2D eigenvalue weighted by atomic mass is 16.1. The minimum absolute atomic E-state index is 0.242. The molecule has 0 fully saturated rings. The van der Waals surface area contributed by atoms with Gasteiger partial charge in [0.1, 0.15) is 11.2 Å². The van der Waals surface area contributed by atoms with Crippen LogP contribution in [0.4, 0.5) is 0 Å². The molecule has 9 heteroatoms. The number of pyridine rings is 3. The van der Waals surface area contributed by atoms with Crippen LogP contribution in [0.15, 0.2) is 43.0 Å². The maximum atomic E-state index is 12.2. The standard InChI is InChI=1S/C24H24N8O/c1-4-13(2)7-16-6-5-14(9-27-16)15-8-17-21(31-32-22(17)28-10-15)23-29-19-12-26-11-18(20(19)30-23)24(33)25-3/h5-6,8-13H,4,7H2,1-3H3,(H,25,33)(H,29,30)(H,28,31,32). The molecule has 5 aromatic rings. The van der Waals surface area contributed by atoms with E-state index >= 15 is 0 Å². The number of rotatable bonds is 6. The number of aromatic nitrogens is 7. The minimum atomic E-state index is -0.242. The van der Waals surface area contributed by atoms with Crippen molar-refractivity contribution in [3.05, 3.63) is 54.2 Å². The molecule has 0 aromatic carbocycles. The first-order valence-corrected chi connectivity index (χ1v) is 10.9. The van der Waals surface area contributed by atoms with Gasteiger partial charge in [0, 0.05) is 42.5 Å². The molecule has 0 saturated carbocycles. The van der Waals surface area contributed by atoms with Gasteiger partial charge in [0.2, 0.25) is 0 Å². The van der Waals surface area contributed by atoms with Crippen LogP contribution in [-0.2, 0) is 6.42 Å². The molecule has 0 bridgehead atoms. The lowest BCUT2D eigenvalue weighted by molar-refractivity contribution is 0.0964. The van der Waals surface area contributed by atoms with E-state index in [1.165, 1.54) is 6.20 Å². The SMILES string of the molecule is CCC(C)Cc1ccc(-c2cnc3n[nH]c(-c4nc5c(C(=O)NC)cncc5[nH]4)c3c2)cn1. The molecule has 0 saturated heterocycles. The Morgan fingerprint density at radius 1 is 1.12 bits per heavy atom. The summed E-state index contributed by atoms with van der Waals surface area (Å²) in [4.78, 5) is 33.4. The van der Waals surface area contributed by atoms with Gasteiger partial charge in [-0.3, -0.25) is 19.9 Å². The Morgan fingerprint density at radius 3 is 2.73 bits per heavy atom. The van der Waals surface area contributed by atoms with E-state index in [1.807, 2.05) is 12.3 Å². The molecule has 5 heterocycles. The Kier molecular flexibility index (Phi) is 5.29. The predicted molar refractivity (Wildman–Crippen MR) is 127 cm³/mol. The molecular weight excluding hydrogens is 416 g/mol. The molecule has 33 heavy (non-hydrogen) atoms. The Hall–Kier alpha value is -4.14. The Labute approximate surface area is 190 Å². The van der Waals surface area contributed by atoms with Crippen molar-refractivity contribution in [2.24, 2.45) is 5.92 Å². The zero-order chi connectivity index (χ0) is 22.9. The number of nitrogens with zero attached hydrogens (tertiary/aromatic N) is 5. The summed E-state index contributed by atoms with van der Waals surface area (Å²) in [5.41, 5.74) is 5.92. The lowest BCUT2D eigenvalue weighted by Gasteiger charge is -2.08. The van der Waals surface area contributed by atoms with Gasteiger partial charge in [0.05, 0.1) is 22.7 Å². The van der Waals surface area contributed by atoms with Gasteiger partial charge in [-0.25, -0.2) is 9.97 Å². The number of carbonyl (C=O) groups is 1. The molecule has 0 radical (unpaired) electrons. The summed E-state index contributed by atoms with van der Waals surface area (Å²) in [6.07, 6.45) is 8.95. The van der Waals surface area contributed by atoms with E-state index in [2.05, 4.69) is 66.4 Å². The summed E-state index contributed by atoms with van der Waals surface area (Å²) in [6.45, 7) is 4.43. The molecule has 166 valence electrons. The second-order valence-electron chi connectivity index (χ2n) is 8.20.